The van der Waals surface area contributed by atoms with Crippen molar-refractivity contribution in [2.24, 2.45) is 5.41 Å². The van der Waals surface area contributed by atoms with Crippen LogP contribution in [0.5, 0.6) is 0 Å². The van der Waals surface area contributed by atoms with Crippen molar-refractivity contribution in [1.29, 1.82) is 0 Å². The molecule has 1 rings (SSSR count). The highest BCUT2D eigenvalue weighted by Crippen LogP contribution is 2.38. The summed E-state index contributed by atoms with van der Waals surface area (Å²) in [6.45, 7) is 3.19. The van der Waals surface area contributed by atoms with Crippen LogP contribution in [0.3, 0.4) is 0 Å². The Morgan fingerprint density at radius 3 is 2.53 bits per heavy atom. The number of rotatable bonds is 5. The maximum atomic E-state index is 10.8. The summed E-state index contributed by atoms with van der Waals surface area (Å²) < 4.78 is 0. The van der Waals surface area contributed by atoms with Crippen molar-refractivity contribution < 1.29 is 4.79 Å². The summed E-state index contributed by atoms with van der Waals surface area (Å²) in [6, 6.07) is 0. The minimum Gasteiger partial charge on any atom is -0.356 e. The number of nitrogens with one attached hydrogen (secondary N) is 2. The number of hydrogen-bond donors (Lipinski definition) is 2. The zero-order valence-electron chi connectivity index (χ0n) is 9.44. The molecule has 15 heavy (non-hydrogen) atoms. The molecule has 1 aliphatic carbocycles. The van der Waals surface area contributed by atoms with E-state index < -0.39 is 0 Å². The standard InChI is InChI=1S/C11H21ClN2O/c1-10(15)13-8-7-11(9-14-12)5-3-2-4-6-11/h14H,2-9H2,1H3,(H,13,15). The lowest BCUT2D eigenvalue weighted by atomic mass is 9.72. The zero-order chi connectivity index (χ0) is 11.1. The molecule has 1 saturated carbocycles. The van der Waals surface area contributed by atoms with Crippen LogP contribution in [-0.4, -0.2) is 19.0 Å². The fourth-order valence-electron chi connectivity index (χ4n) is 2.46. The highest BCUT2D eigenvalue weighted by molar-refractivity contribution is 6.13. The molecule has 2 N–H and O–H groups in total. The summed E-state index contributed by atoms with van der Waals surface area (Å²) in [7, 11) is 0. The minimum atomic E-state index is 0.0554. The van der Waals surface area contributed by atoms with E-state index in [0.717, 1.165) is 19.5 Å². The minimum absolute atomic E-state index is 0.0554. The van der Waals surface area contributed by atoms with Gasteiger partial charge in [0.2, 0.25) is 5.91 Å². The van der Waals surface area contributed by atoms with Crippen molar-refractivity contribution in [1.82, 2.24) is 10.2 Å². The maximum absolute atomic E-state index is 10.8. The molecule has 1 fully saturated rings. The van der Waals surface area contributed by atoms with Crippen LogP contribution in [0.15, 0.2) is 0 Å². The van der Waals surface area contributed by atoms with Crippen LogP contribution in [0.25, 0.3) is 0 Å². The van der Waals surface area contributed by atoms with E-state index in [9.17, 15) is 4.79 Å². The monoisotopic (exact) mass is 232 g/mol. The second-order valence-electron chi connectivity index (χ2n) is 4.60. The Kier molecular flexibility index (Phi) is 5.40. The summed E-state index contributed by atoms with van der Waals surface area (Å²) in [5.74, 6) is 0.0554. The second-order valence-corrected chi connectivity index (χ2v) is 4.87. The molecule has 0 aliphatic heterocycles. The molecule has 0 unspecified atom stereocenters. The van der Waals surface area contributed by atoms with Gasteiger partial charge in [0.1, 0.15) is 0 Å². The Labute approximate surface area is 97.1 Å². The molecular weight excluding hydrogens is 212 g/mol. The molecule has 0 heterocycles. The Bertz CT molecular complexity index is 197. The third-order valence-electron chi connectivity index (χ3n) is 3.39. The molecule has 0 aromatic carbocycles. The van der Waals surface area contributed by atoms with Crippen LogP contribution in [0, 0.1) is 5.41 Å². The molecule has 0 saturated heterocycles. The molecule has 0 atom stereocenters. The third kappa shape index (κ3) is 4.39. The predicted octanol–water partition coefficient (Wildman–Crippen LogP) is 2.21. The number of carbonyl (C=O) groups excluding carboxylic acids is 1. The van der Waals surface area contributed by atoms with Gasteiger partial charge in [-0.1, -0.05) is 19.3 Å². The highest BCUT2D eigenvalue weighted by Gasteiger charge is 2.31. The normalized spacial score (nSPS) is 19.9. The largest absolute Gasteiger partial charge is 0.356 e. The van der Waals surface area contributed by atoms with Gasteiger partial charge in [0.25, 0.3) is 0 Å². The topological polar surface area (TPSA) is 41.1 Å². The van der Waals surface area contributed by atoms with Crippen LogP contribution in [0.2, 0.25) is 0 Å². The summed E-state index contributed by atoms with van der Waals surface area (Å²) in [5.41, 5.74) is 0.308. The Morgan fingerprint density at radius 1 is 1.33 bits per heavy atom. The third-order valence-corrected chi connectivity index (χ3v) is 3.52. The molecule has 0 spiro atoms. The lowest BCUT2D eigenvalue weighted by Gasteiger charge is -2.37. The van der Waals surface area contributed by atoms with Gasteiger partial charge in [-0.15, -0.1) is 0 Å². The molecule has 1 aliphatic rings. The van der Waals surface area contributed by atoms with Crippen molar-refractivity contribution >= 4 is 17.7 Å². The SMILES string of the molecule is CC(=O)NCCC1(CNCl)CCCCC1. The molecule has 0 bridgehead atoms. The van der Waals surface area contributed by atoms with Gasteiger partial charge in [-0.05, 0) is 36.5 Å². The van der Waals surface area contributed by atoms with Crippen molar-refractivity contribution in [3.63, 3.8) is 0 Å². The van der Waals surface area contributed by atoms with Crippen LogP contribution >= 0.6 is 11.8 Å². The van der Waals surface area contributed by atoms with Gasteiger partial charge in [0.15, 0.2) is 0 Å². The molecule has 0 aromatic heterocycles. The van der Waals surface area contributed by atoms with E-state index in [2.05, 4.69) is 10.2 Å². The molecule has 0 aromatic rings. The summed E-state index contributed by atoms with van der Waals surface area (Å²) in [4.78, 5) is 13.6. The van der Waals surface area contributed by atoms with Crippen molar-refractivity contribution in [3.8, 4) is 0 Å². The van der Waals surface area contributed by atoms with E-state index in [1.54, 1.807) is 6.92 Å². The lowest BCUT2D eigenvalue weighted by Crippen LogP contribution is -2.36. The molecule has 0 radical (unpaired) electrons. The Hall–Kier alpha value is -0.280. The molecule has 4 heteroatoms. The summed E-state index contributed by atoms with van der Waals surface area (Å²) >= 11 is 5.63. The molecule has 3 nitrogen and oxygen atoms in total. The van der Waals surface area contributed by atoms with E-state index in [4.69, 9.17) is 11.8 Å². The fraction of sp³-hybridized carbons (Fsp3) is 0.909. The fourth-order valence-corrected chi connectivity index (χ4v) is 2.75. The van der Waals surface area contributed by atoms with Gasteiger partial charge in [-0.3, -0.25) is 4.79 Å². The first-order chi connectivity index (χ1) is 7.18. The van der Waals surface area contributed by atoms with Crippen LogP contribution in [0.4, 0.5) is 0 Å². The number of amides is 1. The molecular formula is C11H21ClN2O. The van der Waals surface area contributed by atoms with E-state index in [1.165, 1.54) is 32.1 Å². The number of carbonyl (C=O) groups is 1. The van der Waals surface area contributed by atoms with Gasteiger partial charge < -0.3 is 5.32 Å². The van der Waals surface area contributed by atoms with Gasteiger partial charge in [0.05, 0.1) is 0 Å². The van der Waals surface area contributed by atoms with E-state index in [1.807, 2.05) is 0 Å². The van der Waals surface area contributed by atoms with Gasteiger partial charge in [-0.25, -0.2) is 4.84 Å². The average molecular weight is 233 g/mol. The molecule has 1 amide bonds. The van der Waals surface area contributed by atoms with E-state index in [-0.39, 0.29) is 5.91 Å². The average Bonchev–Trinajstić information content (AvgIpc) is 2.19. The van der Waals surface area contributed by atoms with Crippen LogP contribution in [-0.2, 0) is 4.79 Å². The molecule has 88 valence electrons. The summed E-state index contributed by atoms with van der Waals surface area (Å²) in [5, 5.41) is 2.87. The van der Waals surface area contributed by atoms with Crippen LogP contribution in [0.1, 0.15) is 45.4 Å². The quantitative estimate of drug-likeness (QED) is 0.714. The first-order valence-electron chi connectivity index (χ1n) is 5.76. The lowest BCUT2D eigenvalue weighted by molar-refractivity contribution is -0.119. The maximum Gasteiger partial charge on any atom is 0.216 e. The summed E-state index contributed by atoms with van der Waals surface area (Å²) in [6.07, 6.45) is 7.41. The predicted molar refractivity (Wildman–Crippen MR) is 62.7 cm³/mol. The second kappa shape index (κ2) is 6.33. The van der Waals surface area contributed by atoms with Gasteiger partial charge in [-0.2, -0.15) is 0 Å². The highest BCUT2D eigenvalue weighted by atomic mass is 35.5. The van der Waals surface area contributed by atoms with Crippen molar-refractivity contribution in [2.75, 3.05) is 13.1 Å². The van der Waals surface area contributed by atoms with Crippen molar-refractivity contribution in [2.45, 2.75) is 45.4 Å². The van der Waals surface area contributed by atoms with E-state index >= 15 is 0 Å². The number of halogens is 1. The van der Waals surface area contributed by atoms with Gasteiger partial charge in [0, 0.05) is 20.0 Å². The van der Waals surface area contributed by atoms with E-state index in [0.29, 0.717) is 5.41 Å². The first-order valence-corrected chi connectivity index (χ1v) is 6.14. The Balaban J connectivity index is 2.37. The van der Waals surface area contributed by atoms with Crippen LogP contribution < -0.4 is 10.2 Å². The number of hydrogen-bond acceptors (Lipinski definition) is 2. The zero-order valence-corrected chi connectivity index (χ0v) is 10.2. The smallest absolute Gasteiger partial charge is 0.216 e. The first kappa shape index (κ1) is 12.8. The Morgan fingerprint density at radius 2 is 2.00 bits per heavy atom. The van der Waals surface area contributed by atoms with Gasteiger partial charge >= 0.3 is 0 Å². The van der Waals surface area contributed by atoms with Crippen molar-refractivity contribution in [3.05, 3.63) is 0 Å².